The van der Waals surface area contributed by atoms with Gasteiger partial charge in [0, 0.05) is 6.20 Å². The molecule has 0 radical (unpaired) electrons. The number of amides is 1. The van der Waals surface area contributed by atoms with Crippen LogP contribution in [0.25, 0.3) is 0 Å². The number of nitrogens with one attached hydrogen (secondary N) is 1. The van der Waals surface area contributed by atoms with E-state index in [2.05, 4.69) is 30.2 Å². The molecule has 1 rings (SSSR count). The van der Waals surface area contributed by atoms with Crippen LogP contribution in [-0.2, 0) is 4.74 Å². The summed E-state index contributed by atoms with van der Waals surface area (Å²) in [4.78, 5) is 16.3. The second kappa shape index (κ2) is 11.2. The van der Waals surface area contributed by atoms with Crippen molar-refractivity contribution in [2.45, 2.75) is 104 Å². The lowest BCUT2D eigenvalue weighted by Gasteiger charge is -2.20. The van der Waals surface area contributed by atoms with Gasteiger partial charge in [-0.1, -0.05) is 64.9 Å². The Balaban J connectivity index is 2.44. The summed E-state index contributed by atoms with van der Waals surface area (Å²) >= 11 is 0. The van der Waals surface area contributed by atoms with E-state index in [-0.39, 0.29) is 0 Å². The van der Waals surface area contributed by atoms with E-state index in [1.807, 2.05) is 33.9 Å². The summed E-state index contributed by atoms with van der Waals surface area (Å²) in [6.07, 6.45) is 12.0. The lowest BCUT2D eigenvalue weighted by Crippen LogP contribution is -2.27. The molecule has 1 aromatic rings. The second-order valence-electron chi connectivity index (χ2n) is 8.37. The molecule has 0 aromatic carbocycles. The summed E-state index contributed by atoms with van der Waals surface area (Å²) in [5.74, 6) is 1.07. The van der Waals surface area contributed by atoms with Gasteiger partial charge >= 0.3 is 6.09 Å². The van der Waals surface area contributed by atoms with Crippen LogP contribution in [0.1, 0.15) is 103 Å². The summed E-state index contributed by atoms with van der Waals surface area (Å²) in [5.41, 5.74) is 1.70. The molecule has 1 N–H and O–H groups in total. The van der Waals surface area contributed by atoms with E-state index < -0.39 is 11.7 Å². The number of pyridine rings is 1. The molecule has 4 nitrogen and oxygen atoms in total. The Morgan fingerprint density at radius 2 is 1.77 bits per heavy atom. The molecule has 0 saturated carbocycles. The number of ether oxygens (including phenoxy) is 1. The predicted octanol–water partition coefficient (Wildman–Crippen LogP) is 6.98. The Morgan fingerprint density at radius 3 is 2.35 bits per heavy atom. The Morgan fingerprint density at radius 1 is 1.15 bits per heavy atom. The van der Waals surface area contributed by atoms with E-state index in [4.69, 9.17) is 4.74 Å². The zero-order chi connectivity index (χ0) is 19.6. The number of nitrogens with zero attached hydrogens (tertiary/aromatic N) is 1. The average molecular weight is 363 g/mol. The second-order valence-corrected chi connectivity index (χ2v) is 8.37. The zero-order valence-electron chi connectivity index (χ0n) is 17.7. The summed E-state index contributed by atoms with van der Waals surface area (Å²) in [6, 6.07) is 2.13. The first-order valence-electron chi connectivity index (χ1n) is 10.2. The Bertz CT molecular complexity index is 550. The van der Waals surface area contributed by atoms with E-state index in [9.17, 15) is 4.79 Å². The number of hydrogen-bond acceptors (Lipinski definition) is 3. The van der Waals surface area contributed by atoms with Gasteiger partial charge in [-0.15, -0.1) is 0 Å². The van der Waals surface area contributed by atoms with Crippen LogP contribution in [0.5, 0.6) is 0 Å². The van der Waals surface area contributed by atoms with Crippen molar-refractivity contribution in [3.8, 4) is 0 Å². The maximum Gasteiger partial charge on any atom is 0.413 e. The summed E-state index contributed by atoms with van der Waals surface area (Å²) in [7, 11) is 0. The molecule has 0 spiro atoms. The molecule has 1 aromatic heterocycles. The predicted molar refractivity (Wildman–Crippen MR) is 110 cm³/mol. The smallest absolute Gasteiger partial charge is 0.413 e. The highest BCUT2D eigenvalue weighted by Crippen LogP contribution is 2.25. The monoisotopic (exact) mass is 362 g/mol. The minimum absolute atomic E-state index is 0.461. The Hall–Kier alpha value is -1.58. The third-order valence-corrected chi connectivity index (χ3v) is 4.53. The molecule has 0 saturated heterocycles. The maximum absolute atomic E-state index is 11.9. The maximum atomic E-state index is 11.9. The van der Waals surface area contributed by atoms with Crippen LogP contribution in [0.4, 0.5) is 10.6 Å². The average Bonchev–Trinajstić information content (AvgIpc) is 2.54. The lowest BCUT2D eigenvalue weighted by atomic mass is 9.95. The van der Waals surface area contributed by atoms with Gasteiger partial charge < -0.3 is 4.74 Å². The minimum Gasteiger partial charge on any atom is -0.444 e. The van der Waals surface area contributed by atoms with Crippen LogP contribution < -0.4 is 5.32 Å². The molecule has 0 aliphatic carbocycles. The molecule has 1 heterocycles. The van der Waals surface area contributed by atoms with Crippen LogP contribution in [0.3, 0.4) is 0 Å². The van der Waals surface area contributed by atoms with Gasteiger partial charge in [0.05, 0.1) is 0 Å². The molecule has 0 fully saturated rings. The molecule has 1 unspecified atom stereocenters. The SMILES string of the molecule is CCCCCCCCCC(C)c1cnc(NC(=O)OC(C)(C)C)c(C)c1. The first-order valence-corrected chi connectivity index (χ1v) is 10.2. The third-order valence-electron chi connectivity index (χ3n) is 4.53. The highest BCUT2D eigenvalue weighted by Gasteiger charge is 2.17. The number of aromatic nitrogens is 1. The van der Waals surface area contributed by atoms with Gasteiger partial charge in [0.25, 0.3) is 0 Å². The number of hydrogen-bond donors (Lipinski definition) is 1. The van der Waals surface area contributed by atoms with Crippen LogP contribution in [0.15, 0.2) is 12.3 Å². The summed E-state index contributed by atoms with van der Waals surface area (Å²) in [5, 5.41) is 2.74. The molecule has 0 bridgehead atoms. The zero-order valence-corrected chi connectivity index (χ0v) is 17.7. The topological polar surface area (TPSA) is 51.2 Å². The molecule has 0 aliphatic heterocycles. The molecule has 0 aliphatic rings. The fourth-order valence-corrected chi connectivity index (χ4v) is 2.97. The van der Waals surface area contributed by atoms with Gasteiger partial charge in [-0.2, -0.15) is 0 Å². The Kier molecular flexibility index (Phi) is 9.68. The van der Waals surface area contributed by atoms with Crippen LogP contribution >= 0.6 is 0 Å². The quantitative estimate of drug-likeness (QED) is 0.457. The van der Waals surface area contributed by atoms with Gasteiger partial charge in [-0.25, -0.2) is 9.78 Å². The molecule has 1 atom stereocenters. The van der Waals surface area contributed by atoms with E-state index >= 15 is 0 Å². The van der Waals surface area contributed by atoms with E-state index in [1.54, 1.807) is 0 Å². The number of carbonyl (C=O) groups is 1. The van der Waals surface area contributed by atoms with Crippen molar-refractivity contribution in [2.75, 3.05) is 5.32 Å². The van der Waals surface area contributed by atoms with Gasteiger partial charge in [-0.05, 0) is 51.2 Å². The van der Waals surface area contributed by atoms with Gasteiger partial charge in [-0.3, -0.25) is 5.32 Å². The summed E-state index contributed by atoms with van der Waals surface area (Å²) < 4.78 is 5.28. The van der Waals surface area contributed by atoms with Crippen molar-refractivity contribution in [1.82, 2.24) is 4.98 Å². The highest BCUT2D eigenvalue weighted by molar-refractivity contribution is 5.84. The number of rotatable bonds is 10. The number of unbranched alkanes of at least 4 members (excludes halogenated alkanes) is 6. The van der Waals surface area contributed by atoms with Crippen LogP contribution in [-0.4, -0.2) is 16.7 Å². The molecular weight excluding hydrogens is 324 g/mol. The Labute approximate surface area is 160 Å². The van der Waals surface area contributed by atoms with Crippen molar-refractivity contribution in [2.24, 2.45) is 0 Å². The largest absolute Gasteiger partial charge is 0.444 e. The molecule has 1 amide bonds. The van der Waals surface area contributed by atoms with Crippen molar-refractivity contribution in [3.05, 3.63) is 23.4 Å². The van der Waals surface area contributed by atoms with Crippen molar-refractivity contribution in [1.29, 1.82) is 0 Å². The molecular formula is C22H38N2O2. The lowest BCUT2D eigenvalue weighted by molar-refractivity contribution is 0.0635. The van der Waals surface area contributed by atoms with E-state index in [0.717, 1.165) is 5.56 Å². The van der Waals surface area contributed by atoms with Crippen molar-refractivity contribution >= 4 is 11.9 Å². The third kappa shape index (κ3) is 9.21. The number of anilines is 1. The summed E-state index contributed by atoms with van der Waals surface area (Å²) in [6.45, 7) is 12.0. The number of carbonyl (C=O) groups excluding carboxylic acids is 1. The van der Waals surface area contributed by atoms with Crippen molar-refractivity contribution < 1.29 is 9.53 Å². The highest BCUT2D eigenvalue weighted by atomic mass is 16.6. The normalized spacial score (nSPS) is 12.7. The van der Waals surface area contributed by atoms with Gasteiger partial charge in [0.1, 0.15) is 11.4 Å². The van der Waals surface area contributed by atoms with Crippen LogP contribution in [0.2, 0.25) is 0 Å². The molecule has 148 valence electrons. The van der Waals surface area contributed by atoms with E-state index in [0.29, 0.717) is 11.7 Å². The molecule has 26 heavy (non-hydrogen) atoms. The fraction of sp³-hybridized carbons (Fsp3) is 0.727. The van der Waals surface area contributed by atoms with E-state index in [1.165, 1.54) is 56.9 Å². The first kappa shape index (κ1) is 22.5. The standard InChI is InChI=1S/C22H38N2O2/c1-7-8-9-10-11-12-13-14-17(2)19-15-18(3)20(23-16-19)24-21(25)26-22(4,5)6/h15-17H,7-14H2,1-6H3,(H,23,24,25). The first-order chi connectivity index (χ1) is 12.2. The minimum atomic E-state index is -0.511. The number of aryl methyl sites for hydroxylation is 1. The van der Waals surface area contributed by atoms with Crippen LogP contribution in [0, 0.1) is 6.92 Å². The van der Waals surface area contributed by atoms with Gasteiger partial charge in [0.15, 0.2) is 0 Å². The van der Waals surface area contributed by atoms with Gasteiger partial charge in [0.2, 0.25) is 0 Å². The fourth-order valence-electron chi connectivity index (χ4n) is 2.97. The van der Waals surface area contributed by atoms with Crippen molar-refractivity contribution in [3.63, 3.8) is 0 Å². The molecule has 4 heteroatoms.